The first-order valence-corrected chi connectivity index (χ1v) is 9.22. The first-order valence-electron chi connectivity index (χ1n) is 9.22. The largest absolute Gasteiger partial charge is 0.444 e. The Morgan fingerprint density at radius 1 is 1.12 bits per heavy atom. The molecule has 1 aliphatic heterocycles. The number of carbonyl (C=O) groups is 2. The van der Waals surface area contributed by atoms with Gasteiger partial charge in [0.2, 0.25) is 5.91 Å². The van der Waals surface area contributed by atoms with E-state index in [0.29, 0.717) is 24.3 Å². The van der Waals surface area contributed by atoms with Gasteiger partial charge in [0.15, 0.2) is 0 Å². The molecule has 134 valence electrons. The van der Waals surface area contributed by atoms with E-state index in [-0.39, 0.29) is 12.5 Å². The fourth-order valence-corrected chi connectivity index (χ4v) is 5.36. The Balaban J connectivity index is 1.39. The molecule has 0 unspecified atom stereocenters. The van der Waals surface area contributed by atoms with Gasteiger partial charge in [-0.25, -0.2) is 4.79 Å². The predicted octanol–water partition coefficient (Wildman–Crippen LogP) is 1.52. The smallest absolute Gasteiger partial charge is 0.411 e. The molecule has 4 aliphatic rings. The summed E-state index contributed by atoms with van der Waals surface area (Å²) in [5.41, 5.74) is -0.613. The lowest BCUT2D eigenvalue weighted by molar-refractivity contribution is -0.125. The topological polar surface area (TPSA) is 78.9 Å². The third-order valence-corrected chi connectivity index (χ3v) is 6.25. The molecule has 3 saturated carbocycles. The summed E-state index contributed by atoms with van der Waals surface area (Å²) < 4.78 is 5.39. The first kappa shape index (κ1) is 16.2. The van der Waals surface area contributed by atoms with Crippen LogP contribution in [-0.2, 0) is 9.53 Å². The number of aliphatic hydroxyl groups excluding tert-OH is 1. The highest BCUT2D eigenvalue weighted by Crippen LogP contribution is 2.65. The molecule has 0 radical (unpaired) electrons. The Bertz CT molecular complexity index is 542. The molecule has 2 amide bonds. The molecule has 0 aromatic carbocycles. The molecule has 0 spiro atoms. The van der Waals surface area contributed by atoms with Crippen LogP contribution in [0, 0.1) is 23.7 Å². The Labute approximate surface area is 142 Å². The quantitative estimate of drug-likeness (QED) is 0.801. The predicted molar refractivity (Wildman–Crippen MR) is 87.1 cm³/mol. The minimum absolute atomic E-state index is 0.129. The number of hydrogen-bond acceptors (Lipinski definition) is 4. The lowest BCUT2D eigenvalue weighted by Gasteiger charge is -2.28. The summed E-state index contributed by atoms with van der Waals surface area (Å²) in [5, 5.41) is 13.1. The summed E-state index contributed by atoms with van der Waals surface area (Å²) in [6.45, 7) is 5.56. The number of nitrogens with one attached hydrogen (secondary N) is 1. The lowest BCUT2D eigenvalue weighted by atomic mass is 10.0. The third-order valence-electron chi connectivity index (χ3n) is 6.25. The average Bonchev–Trinajstić information content (AvgIpc) is 2.84. The van der Waals surface area contributed by atoms with Crippen molar-refractivity contribution in [1.82, 2.24) is 10.2 Å². The van der Waals surface area contributed by atoms with Gasteiger partial charge in [-0.15, -0.1) is 0 Å². The van der Waals surface area contributed by atoms with Crippen molar-refractivity contribution in [2.45, 2.75) is 70.2 Å². The molecule has 1 heterocycles. The fraction of sp³-hybridized carbons (Fsp3) is 0.889. The van der Waals surface area contributed by atoms with Gasteiger partial charge in [0, 0.05) is 12.5 Å². The molecule has 6 atom stereocenters. The number of amides is 2. The molecule has 6 heteroatoms. The van der Waals surface area contributed by atoms with E-state index >= 15 is 0 Å². The number of likely N-dealkylation sites (tertiary alicyclic amines) is 1. The Kier molecular flexibility index (Phi) is 3.61. The van der Waals surface area contributed by atoms with Crippen molar-refractivity contribution in [3.63, 3.8) is 0 Å². The maximum Gasteiger partial charge on any atom is 0.411 e. The van der Waals surface area contributed by atoms with Crippen LogP contribution in [0.2, 0.25) is 0 Å². The van der Waals surface area contributed by atoms with Crippen molar-refractivity contribution in [2.24, 2.45) is 23.7 Å². The first-order chi connectivity index (χ1) is 11.2. The molecule has 1 saturated heterocycles. The normalized spacial score (nSPS) is 42.8. The molecular weight excluding hydrogens is 308 g/mol. The van der Waals surface area contributed by atoms with E-state index in [1.165, 1.54) is 24.2 Å². The molecule has 0 aromatic rings. The van der Waals surface area contributed by atoms with Crippen LogP contribution < -0.4 is 5.32 Å². The molecule has 4 fully saturated rings. The van der Waals surface area contributed by atoms with Gasteiger partial charge in [0.25, 0.3) is 0 Å². The molecule has 3 aliphatic carbocycles. The molecule has 4 rings (SSSR count). The highest BCUT2D eigenvalue weighted by Gasteiger charge is 2.65. The monoisotopic (exact) mass is 336 g/mol. The van der Waals surface area contributed by atoms with Crippen LogP contribution in [-0.4, -0.2) is 52.3 Å². The SMILES string of the molecule is CC(C)(C)OC(=O)N1C[C@H](O)C[C@@H]1C(=O)NC1[C@H]2[C@H]3CC[C@@H](C3)[C@H]12. The maximum atomic E-state index is 12.7. The van der Waals surface area contributed by atoms with Crippen LogP contribution >= 0.6 is 0 Å². The highest BCUT2D eigenvalue weighted by atomic mass is 16.6. The van der Waals surface area contributed by atoms with Crippen molar-refractivity contribution < 1.29 is 19.4 Å². The zero-order valence-electron chi connectivity index (χ0n) is 14.7. The summed E-state index contributed by atoms with van der Waals surface area (Å²) in [6, 6.07) is -0.323. The number of nitrogens with zero attached hydrogens (tertiary/aromatic N) is 1. The Morgan fingerprint density at radius 2 is 1.75 bits per heavy atom. The van der Waals surface area contributed by atoms with Gasteiger partial charge in [0.1, 0.15) is 11.6 Å². The summed E-state index contributed by atoms with van der Waals surface area (Å²) >= 11 is 0. The summed E-state index contributed by atoms with van der Waals surface area (Å²) in [4.78, 5) is 26.4. The van der Waals surface area contributed by atoms with Gasteiger partial charge in [0.05, 0.1) is 12.6 Å². The molecule has 6 nitrogen and oxygen atoms in total. The fourth-order valence-electron chi connectivity index (χ4n) is 5.36. The van der Waals surface area contributed by atoms with Gasteiger partial charge < -0.3 is 15.2 Å². The van der Waals surface area contributed by atoms with Crippen molar-refractivity contribution >= 4 is 12.0 Å². The van der Waals surface area contributed by atoms with E-state index in [1.807, 2.05) is 0 Å². The average molecular weight is 336 g/mol. The highest BCUT2D eigenvalue weighted by molar-refractivity contribution is 5.87. The summed E-state index contributed by atoms with van der Waals surface area (Å²) in [5.74, 6) is 2.78. The Morgan fingerprint density at radius 3 is 2.33 bits per heavy atom. The number of rotatable bonds is 2. The van der Waals surface area contributed by atoms with Gasteiger partial charge in [-0.1, -0.05) is 0 Å². The van der Waals surface area contributed by atoms with Gasteiger partial charge in [-0.2, -0.15) is 0 Å². The van der Waals surface area contributed by atoms with Gasteiger partial charge >= 0.3 is 6.09 Å². The van der Waals surface area contributed by atoms with Crippen molar-refractivity contribution in [1.29, 1.82) is 0 Å². The zero-order chi connectivity index (χ0) is 17.2. The molecular formula is C18H28N2O4. The van der Waals surface area contributed by atoms with E-state index in [2.05, 4.69) is 5.32 Å². The van der Waals surface area contributed by atoms with Crippen LogP contribution in [0.25, 0.3) is 0 Å². The second kappa shape index (κ2) is 5.35. The summed E-state index contributed by atoms with van der Waals surface area (Å²) in [7, 11) is 0. The maximum absolute atomic E-state index is 12.7. The Hall–Kier alpha value is -1.30. The second-order valence-corrected chi connectivity index (χ2v) is 9.06. The van der Waals surface area contributed by atoms with E-state index in [1.54, 1.807) is 20.8 Å². The third kappa shape index (κ3) is 2.68. The van der Waals surface area contributed by atoms with Crippen LogP contribution in [0.4, 0.5) is 4.79 Å². The van der Waals surface area contributed by atoms with Crippen LogP contribution in [0.3, 0.4) is 0 Å². The van der Waals surface area contributed by atoms with Crippen LogP contribution in [0.15, 0.2) is 0 Å². The minimum Gasteiger partial charge on any atom is -0.444 e. The second-order valence-electron chi connectivity index (χ2n) is 9.06. The van der Waals surface area contributed by atoms with E-state index in [0.717, 1.165) is 11.8 Å². The summed E-state index contributed by atoms with van der Waals surface area (Å²) in [6.07, 6.45) is 3.07. The number of hydrogen-bond donors (Lipinski definition) is 2. The van der Waals surface area contributed by atoms with Crippen LogP contribution in [0.1, 0.15) is 46.5 Å². The lowest BCUT2D eigenvalue weighted by Crippen LogP contribution is -2.48. The van der Waals surface area contributed by atoms with Gasteiger partial charge in [-0.3, -0.25) is 9.69 Å². The number of fused-ring (bicyclic) bond motifs is 5. The minimum atomic E-state index is -0.664. The van der Waals surface area contributed by atoms with Crippen molar-refractivity contribution in [3.8, 4) is 0 Å². The molecule has 0 aromatic heterocycles. The number of carbonyl (C=O) groups excluding carboxylic acids is 2. The van der Waals surface area contributed by atoms with Crippen LogP contribution in [0.5, 0.6) is 0 Å². The van der Waals surface area contributed by atoms with Crippen molar-refractivity contribution in [3.05, 3.63) is 0 Å². The number of aliphatic hydroxyl groups is 1. The number of β-amino-alcohol motifs (C(OH)–C–C–N with tert-alkyl or cyclic N) is 1. The zero-order valence-corrected chi connectivity index (χ0v) is 14.7. The molecule has 2 bridgehead atoms. The van der Waals surface area contributed by atoms with E-state index in [4.69, 9.17) is 4.74 Å². The standard InChI is InChI=1S/C18H28N2O4/c1-18(2,3)24-17(23)20-8-11(21)7-12(20)16(22)19-15-13-9-4-5-10(6-9)14(13)15/h9-15,21H,4-8H2,1-3H3,(H,19,22)/t9-,10-,11+,12+,13-,14-/m0/s1. The number of ether oxygens (including phenoxy) is 1. The molecule has 24 heavy (non-hydrogen) atoms. The van der Waals surface area contributed by atoms with E-state index in [9.17, 15) is 14.7 Å². The van der Waals surface area contributed by atoms with E-state index < -0.39 is 23.8 Å². The van der Waals surface area contributed by atoms with Gasteiger partial charge in [-0.05, 0) is 63.7 Å². The molecule has 2 N–H and O–H groups in total. The van der Waals surface area contributed by atoms with Crippen molar-refractivity contribution in [2.75, 3.05) is 6.54 Å².